The summed E-state index contributed by atoms with van der Waals surface area (Å²) in [7, 11) is 0. The van der Waals surface area contributed by atoms with Gasteiger partial charge in [0.1, 0.15) is 0 Å². The van der Waals surface area contributed by atoms with Gasteiger partial charge in [0, 0.05) is 12.6 Å². The van der Waals surface area contributed by atoms with Crippen LogP contribution in [-0.4, -0.2) is 40.1 Å². The molecule has 1 aliphatic heterocycles. The van der Waals surface area contributed by atoms with Crippen molar-refractivity contribution in [1.82, 2.24) is 14.8 Å². The summed E-state index contributed by atoms with van der Waals surface area (Å²) in [6, 6.07) is 0.964. The highest BCUT2D eigenvalue weighted by molar-refractivity contribution is 7.71. The van der Waals surface area contributed by atoms with E-state index in [1.54, 1.807) is 0 Å². The molecule has 0 aromatic carbocycles. The van der Waals surface area contributed by atoms with Gasteiger partial charge in [-0.05, 0) is 38.4 Å². The highest BCUT2D eigenvalue weighted by Crippen LogP contribution is 2.38. The Hall–Kier alpha value is -0.880. The van der Waals surface area contributed by atoms with Gasteiger partial charge >= 0.3 is 0 Å². The van der Waals surface area contributed by atoms with Crippen LogP contribution in [0, 0.1) is 4.77 Å². The van der Waals surface area contributed by atoms with E-state index in [0.717, 1.165) is 30.3 Å². The first-order valence-electron chi connectivity index (χ1n) is 6.75. The fraction of sp³-hybridized carbons (Fsp3) is 0.833. The van der Waals surface area contributed by atoms with E-state index in [4.69, 9.17) is 17.0 Å². The first kappa shape index (κ1) is 12.2. The molecule has 0 bridgehead atoms. The van der Waals surface area contributed by atoms with Crippen molar-refractivity contribution in [1.29, 1.82) is 0 Å². The number of morpholine rings is 1. The Bertz CT molecular complexity index is 479. The number of hydrogen-bond acceptors (Lipinski definition) is 4. The van der Waals surface area contributed by atoms with E-state index in [1.165, 1.54) is 12.8 Å². The molecule has 5 nitrogen and oxygen atoms in total. The molecule has 1 aromatic heterocycles. The summed E-state index contributed by atoms with van der Waals surface area (Å²) < 4.78 is 8.68. The Balaban J connectivity index is 1.94. The minimum atomic E-state index is 0.255. The van der Waals surface area contributed by atoms with E-state index in [-0.39, 0.29) is 6.10 Å². The van der Waals surface area contributed by atoms with Crippen LogP contribution < -0.4 is 4.90 Å². The maximum atomic E-state index is 5.74. The second kappa shape index (κ2) is 4.66. The van der Waals surface area contributed by atoms with Crippen LogP contribution >= 0.6 is 12.2 Å². The summed E-state index contributed by atoms with van der Waals surface area (Å²) in [5.41, 5.74) is 0. The van der Waals surface area contributed by atoms with Gasteiger partial charge in [-0.2, -0.15) is 0 Å². The molecule has 6 heteroatoms. The van der Waals surface area contributed by atoms with Crippen LogP contribution in [0.2, 0.25) is 0 Å². The van der Waals surface area contributed by atoms with Gasteiger partial charge in [0.2, 0.25) is 5.95 Å². The average Bonchev–Trinajstić information content (AvgIpc) is 3.12. The molecule has 2 fully saturated rings. The smallest absolute Gasteiger partial charge is 0.226 e. The number of aromatic amines is 1. The maximum absolute atomic E-state index is 5.74. The van der Waals surface area contributed by atoms with Crippen LogP contribution in [0.3, 0.4) is 0 Å². The minimum Gasteiger partial charge on any atom is -0.375 e. The van der Waals surface area contributed by atoms with Crippen LogP contribution in [0.4, 0.5) is 5.95 Å². The molecule has 0 spiro atoms. The number of nitrogens with one attached hydrogen (secondary N) is 1. The van der Waals surface area contributed by atoms with Gasteiger partial charge in [-0.15, -0.1) is 5.10 Å². The van der Waals surface area contributed by atoms with Crippen molar-refractivity contribution in [3.8, 4) is 0 Å². The number of hydrogen-bond donors (Lipinski definition) is 1. The van der Waals surface area contributed by atoms with Crippen LogP contribution in [0.1, 0.15) is 39.2 Å². The van der Waals surface area contributed by atoms with E-state index in [2.05, 4.69) is 33.5 Å². The highest BCUT2D eigenvalue weighted by Gasteiger charge is 2.33. The van der Waals surface area contributed by atoms with Gasteiger partial charge in [-0.1, -0.05) is 6.92 Å². The molecule has 1 saturated heterocycles. The van der Waals surface area contributed by atoms with Gasteiger partial charge < -0.3 is 9.64 Å². The summed E-state index contributed by atoms with van der Waals surface area (Å²) in [6.07, 6.45) is 3.76. The zero-order chi connectivity index (χ0) is 12.7. The third-order valence-corrected chi connectivity index (χ3v) is 4.08. The monoisotopic (exact) mass is 268 g/mol. The van der Waals surface area contributed by atoms with Gasteiger partial charge in [-0.3, -0.25) is 4.57 Å². The van der Waals surface area contributed by atoms with Crippen molar-refractivity contribution < 1.29 is 4.74 Å². The van der Waals surface area contributed by atoms with Crippen molar-refractivity contribution in [3.63, 3.8) is 0 Å². The van der Waals surface area contributed by atoms with Gasteiger partial charge in [0.05, 0.1) is 18.8 Å². The highest BCUT2D eigenvalue weighted by atomic mass is 32.1. The first-order valence-corrected chi connectivity index (χ1v) is 7.16. The van der Waals surface area contributed by atoms with Crippen LogP contribution in [-0.2, 0) is 4.74 Å². The Labute approximate surface area is 112 Å². The number of nitrogens with zero attached hydrogens (tertiary/aromatic N) is 3. The average molecular weight is 268 g/mol. The molecule has 1 aromatic rings. The predicted octanol–water partition coefficient (Wildman–Crippen LogP) is 2.28. The molecule has 2 heterocycles. The molecule has 1 saturated carbocycles. The second-order valence-electron chi connectivity index (χ2n) is 5.29. The third-order valence-electron chi connectivity index (χ3n) is 3.79. The Kier molecular flexibility index (Phi) is 3.15. The SMILES string of the molecule is CCC1COC(C)CN1c1n[nH]c(=S)n1C1CC1. The van der Waals surface area contributed by atoms with Crippen LogP contribution in [0.15, 0.2) is 0 Å². The molecule has 0 radical (unpaired) electrons. The van der Waals surface area contributed by atoms with Crippen molar-refractivity contribution in [2.45, 2.75) is 51.3 Å². The molecule has 1 N–H and O–H groups in total. The molecule has 1 aliphatic carbocycles. The lowest BCUT2D eigenvalue weighted by Crippen LogP contribution is -2.49. The zero-order valence-electron chi connectivity index (χ0n) is 10.9. The maximum Gasteiger partial charge on any atom is 0.226 e. The van der Waals surface area contributed by atoms with Crippen molar-refractivity contribution in [2.75, 3.05) is 18.1 Å². The lowest BCUT2D eigenvalue weighted by molar-refractivity contribution is 0.0289. The van der Waals surface area contributed by atoms with Gasteiger partial charge in [0.15, 0.2) is 4.77 Å². The van der Waals surface area contributed by atoms with Crippen LogP contribution in [0.5, 0.6) is 0 Å². The van der Waals surface area contributed by atoms with Crippen LogP contribution in [0.25, 0.3) is 0 Å². The van der Waals surface area contributed by atoms with Gasteiger partial charge in [-0.25, -0.2) is 5.10 Å². The molecule has 2 unspecified atom stereocenters. The standard InChI is InChI=1S/C12H20N4OS/c1-3-9-7-17-8(2)6-15(9)11-13-14-12(18)16(11)10-4-5-10/h8-10H,3-7H2,1-2H3,(H,14,18). The second-order valence-corrected chi connectivity index (χ2v) is 5.68. The number of aromatic nitrogens is 3. The number of H-pyrrole nitrogens is 1. The van der Waals surface area contributed by atoms with E-state index in [1.807, 2.05) is 0 Å². The largest absolute Gasteiger partial charge is 0.375 e. The molecular formula is C12H20N4OS. The molecular weight excluding hydrogens is 248 g/mol. The quantitative estimate of drug-likeness (QED) is 0.854. The molecule has 100 valence electrons. The van der Waals surface area contributed by atoms with E-state index in [9.17, 15) is 0 Å². The van der Waals surface area contributed by atoms with E-state index >= 15 is 0 Å². The normalized spacial score (nSPS) is 28.7. The Morgan fingerprint density at radius 1 is 1.50 bits per heavy atom. The molecule has 0 amide bonds. The Morgan fingerprint density at radius 2 is 2.28 bits per heavy atom. The topological polar surface area (TPSA) is 46.1 Å². The fourth-order valence-electron chi connectivity index (χ4n) is 2.59. The number of rotatable bonds is 3. The summed E-state index contributed by atoms with van der Waals surface area (Å²) >= 11 is 5.35. The van der Waals surface area contributed by atoms with Crippen molar-refractivity contribution >= 4 is 18.2 Å². The Morgan fingerprint density at radius 3 is 2.94 bits per heavy atom. The zero-order valence-corrected chi connectivity index (χ0v) is 11.7. The summed E-state index contributed by atoms with van der Waals surface area (Å²) in [5.74, 6) is 1.00. The number of ether oxygens (including phenoxy) is 1. The number of anilines is 1. The van der Waals surface area contributed by atoms with Crippen molar-refractivity contribution in [2.24, 2.45) is 0 Å². The first-order chi connectivity index (χ1) is 8.70. The fourth-order valence-corrected chi connectivity index (χ4v) is 2.86. The van der Waals surface area contributed by atoms with E-state index < -0.39 is 0 Å². The molecule has 18 heavy (non-hydrogen) atoms. The molecule has 2 atom stereocenters. The summed E-state index contributed by atoms with van der Waals surface area (Å²) in [6.45, 7) is 5.98. The lowest BCUT2D eigenvalue weighted by Gasteiger charge is -2.38. The van der Waals surface area contributed by atoms with E-state index in [0.29, 0.717) is 12.1 Å². The molecule has 3 rings (SSSR count). The lowest BCUT2D eigenvalue weighted by atomic mass is 10.1. The third kappa shape index (κ3) is 2.07. The molecule has 2 aliphatic rings. The predicted molar refractivity (Wildman–Crippen MR) is 72.5 cm³/mol. The summed E-state index contributed by atoms with van der Waals surface area (Å²) in [5, 5.41) is 7.40. The van der Waals surface area contributed by atoms with Gasteiger partial charge in [0.25, 0.3) is 0 Å². The minimum absolute atomic E-state index is 0.255. The van der Waals surface area contributed by atoms with Crippen molar-refractivity contribution in [3.05, 3.63) is 4.77 Å². The summed E-state index contributed by atoms with van der Waals surface area (Å²) in [4.78, 5) is 2.36.